The van der Waals surface area contributed by atoms with Crippen molar-refractivity contribution in [3.05, 3.63) is 58.1 Å². The number of benzene rings is 1. The van der Waals surface area contributed by atoms with E-state index in [1.165, 1.54) is 6.08 Å². The van der Waals surface area contributed by atoms with Crippen molar-refractivity contribution in [2.75, 3.05) is 17.8 Å². The second-order valence-electron chi connectivity index (χ2n) is 8.35. The Bertz CT molecular complexity index is 1420. The van der Waals surface area contributed by atoms with Crippen LogP contribution in [0, 0.1) is 0 Å². The van der Waals surface area contributed by atoms with Crippen LogP contribution in [0.1, 0.15) is 25.1 Å². The molecule has 39 heavy (non-hydrogen) atoms. The molecule has 3 aromatic rings. The molecule has 0 aliphatic rings. The number of alkyl halides is 1. The van der Waals surface area contributed by atoms with Gasteiger partial charge in [0.05, 0.1) is 12.9 Å². The Kier molecular flexibility index (Phi) is 10.6. The molecule has 0 aliphatic heterocycles. The number of hydrogen-bond acceptors (Lipinski definition) is 9. The number of fused-ring (bicyclic) bond motifs is 1. The van der Waals surface area contributed by atoms with Crippen LogP contribution in [0.5, 0.6) is 0 Å². The van der Waals surface area contributed by atoms with Gasteiger partial charge in [0.1, 0.15) is 6.10 Å². The molecule has 13 nitrogen and oxygen atoms in total. The van der Waals surface area contributed by atoms with Gasteiger partial charge < -0.3 is 34.7 Å². The minimum absolute atomic E-state index is 0.0465. The lowest BCUT2D eigenvalue weighted by Crippen LogP contribution is -2.34. The second kappa shape index (κ2) is 13.1. The van der Waals surface area contributed by atoms with Crippen LogP contribution in [0.3, 0.4) is 0 Å². The van der Waals surface area contributed by atoms with Crippen molar-refractivity contribution in [2.45, 2.75) is 38.4 Å². The predicted octanol–water partition coefficient (Wildman–Crippen LogP) is 3.61. The Morgan fingerprint density at radius 1 is 1.18 bits per heavy atom. The average Bonchev–Trinajstić information content (AvgIpc) is 3.27. The summed E-state index contributed by atoms with van der Waals surface area (Å²) in [6, 6.07) is 7.00. The number of halogens is 3. The highest BCUT2D eigenvalue weighted by Gasteiger charge is 2.35. The lowest BCUT2D eigenvalue weighted by molar-refractivity contribution is -0.0352. The topological polar surface area (TPSA) is 200 Å². The summed E-state index contributed by atoms with van der Waals surface area (Å²) < 4.78 is 44.0. The fraction of sp³-hybridized carbons (Fsp3) is 0.381. The standard InChI is InChI=1S/C21H26Cl2FN5O8P2/c1-2-3-13(9-37-39(35,36)11-38(32,33)34)17(30)15(24)20(31)29-10-26-16-18(27-21(23)28-19(16)29)25-8-12-4-6-14(22)7-5-12/h3-7,10,15,17,20,30-31H,2,8-9,11H2,1H3,(H,35,36)(H,25,27,28)(H2,32,33,34)/b13-3-/t15-,17+,20+/m0/s1. The fourth-order valence-electron chi connectivity index (χ4n) is 3.49. The lowest BCUT2D eigenvalue weighted by atomic mass is 10.0. The number of allylic oxidation sites excluding steroid dienone is 1. The Hall–Kier alpha value is -1.96. The van der Waals surface area contributed by atoms with Crippen LogP contribution in [0.25, 0.3) is 11.2 Å². The first kappa shape index (κ1) is 31.6. The van der Waals surface area contributed by atoms with Gasteiger partial charge in [-0.05, 0) is 41.3 Å². The van der Waals surface area contributed by atoms with Crippen LogP contribution in [-0.2, 0) is 20.2 Å². The van der Waals surface area contributed by atoms with Crippen LogP contribution in [-0.4, -0.2) is 69.2 Å². The van der Waals surface area contributed by atoms with Crippen LogP contribution >= 0.6 is 38.4 Å². The summed E-state index contributed by atoms with van der Waals surface area (Å²) in [6.07, 6.45) is -3.88. The van der Waals surface area contributed by atoms with Crippen LogP contribution in [0.4, 0.5) is 10.2 Å². The van der Waals surface area contributed by atoms with Crippen molar-refractivity contribution in [1.82, 2.24) is 19.5 Å². The number of aromatic nitrogens is 4. The molecule has 0 saturated heterocycles. The van der Waals surface area contributed by atoms with E-state index in [-0.39, 0.29) is 34.3 Å². The van der Waals surface area contributed by atoms with Crippen molar-refractivity contribution >= 4 is 55.4 Å². The molecule has 2 aromatic heterocycles. The van der Waals surface area contributed by atoms with E-state index < -0.39 is 46.2 Å². The highest BCUT2D eigenvalue weighted by Crippen LogP contribution is 2.55. The quantitative estimate of drug-likeness (QED) is 0.0914. The van der Waals surface area contributed by atoms with E-state index in [1.807, 2.05) is 0 Å². The minimum atomic E-state index is -4.89. The molecule has 0 aliphatic carbocycles. The highest BCUT2D eigenvalue weighted by atomic mass is 35.5. The van der Waals surface area contributed by atoms with Gasteiger partial charge in [0.15, 0.2) is 35.3 Å². The summed E-state index contributed by atoms with van der Waals surface area (Å²) in [5.74, 6) is -1.25. The molecule has 2 heterocycles. The summed E-state index contributed by atoms with van der Waals surface area (Å²) in [5.41, 5.74) is 0.737. The maximum atomic E-state index is 15.3. The molecular formula is C21H26Cl2FN5O8P2. The number of anilines is 1. The van der Waals surface area contributed by atoms with Gasteiger partial charge in [-0.25, -0.2) is 9.37 Å². The van der Waals surface area contributed by atoms with Gasteiger partial charge in [0, 0.05) is 11.6 Å². The summed E-state index contributed by atoms with van der Waals surface area (Å²) in [6.45, 7) is 1.11. The van der Waals surface area contributed by atoms with Crippen LogP contribution in [0.2, 0.25) is 10.3 Å². The van der Waals surface area contributed by atoms with Crippen molar-refractivity contribution in [3.8, 4) is 0 Å². The Balaban J connectivity index is 1.79. The van der Waals surface area contributed by atoms with Crippen molar-refractivity contribution in [2.24, 2.45) is 0 Å². The molecule has 0 amide bonds. The van der Waals surface area contributed by atoms with E-state index in [2.05, 4.69) is 20.3 Å². The molecule has 0 bridgehead atoms. The molecule has 1 aromatic carbocycles. The Morgan fingerprint density at radius 2 is 1.85 bits per heavy atom. The van der Waals surface area contributed by atoms with Gasteiger partial charge in [-0.1, -0.05) is 36.7 Å². The first-order chi connectivity index (χ1) is 18.2. The number of nitrogens with one attached hydrogen (secondary N) is 1. The van der Waals surface area contributed by atoms with Crippen molar-refractivity contribution in [1.29, 1.82) is 0 Å². The van der Waals surface area contributed by atoms with E-state index in [0.717, 1.165) is 16.5 Å². The number of aliphatic hydroxyl groups excluding tert-OH is 2. The van der Waals surface area contributed by atoms with Gasteiger partial charge in [0.25, 0.3) is 0 Å². The van der Waals surface area contributed by atoms with Gasteiger partial charge >= 0.3 is 15.2 Å². The molecule has 6 N–H and O–H groups in total. The molecule has 0 fully saturated rings. The first-order valence-electron chi connectivity index (χ1n) is 11.3. The zero-order valence-corrected chi connectivity index (χ0v) is 23.6. The van der Waals surface area contributed by atoms with Crippen molar-refractivity contribution < 1.29 is 42.9 Å². The third kappa shape index (κ3) is 8.76. The largest absolute Gasteiger partial charge is 0.385 e. The molecular weight excluding hydrogens is 602 g/mol. The summed E-state index contributed by atoms with van der Waals surface area (Å²) in [7, 11) is -9.66. The average molecular weight is 628 g/mol. The molecule has 0 radical (unpaired) electrons. The normalized spacial score (nSPS) is 16.6. The zero-order valence-electron chi connectivity index (χ0n) is 20.3. The van der Waals surface area contributed by atoms with E-state index in [1.54, 1.807) is 31.2 Å². The Morgan fingerprint density at radius 3 is 2.46 bits per heavy atom. The third-order valence-corrected chi connectivity index (χ3v) is 9.14. The molecule has 18 heteroatoms. The predicted molar refractivity (Wildman–Crippen MR) is 142 cm³/mol. The van der Waals surface area contributed by atoms with Gasteiger partial charge in [-0.2, -0.15) is 9.97 Å². The smallest absolute Gasteiger partial charge is 0.340 e. The number of rotatable bonds is 13. The SMILES string of the molecule is CC/C=C(/COP(=O)(O)CP(=O)(O)O)[C@@H](O)[C@H](F)[C@@H](O)n1cnc2c(NCc3ccc(Cl)cc3)nc(Cl)nc21. The fourth-order valence-corrected chi connectivity index (χ4v) is 6.32. The molecule has 214 valence electrons. The third-order valence-electron chi connectivity index (χ3n) is 5.28. The second-order valence-corrected chi connectivity index (χ2v) is 13.1. The maximum Gasteiger partial charge on any atom is 0.340 e. The maximum absolute atomic E-state index is 15.3. The summed E-state index contributed by atoms with van der Waals surface area (Å²) in [5, 5.41) is 24.7. The molecule has 0 saturated carbocycles. The van der Waals surface area contributed by atoms with E-state index >= 15 is 4.39 Å². The van der Waals surface area contributed by atoms with E-state index in [9.17, 15) is 24.2 Å². The van der Waals surface area contributed by atoms with Crippen molar-refractivity contribution in [3.63, 3.8) is 0 Å². The molecule has 3 rings (SSSR count). The molecule has 0 spiro atoms. The molecule has 1 unspecified atom stereocenters. The van der Waals surface area contributed by atoms with Crippen LogP contribution in [0.15, 0.2) is 42.2 Å². The number of aliphatic hydroxyl groups is 2. The zero-order chi connectivity index (χ0) is 29.0. The monoisotopic (exact) mass is 627 g/mol. The van der Waals surface area contributed by atoms with Gasteiger partial charge in [-0.15, -0.1) is 0 Å². The highest BCUT2D eigenvalue weighted by molar-refractivity contribution is 7.70. The number of imidazole rings is 1. The number of nitrogens with zero attached hydrogens (tertiary/aromatic N) is 4. The van der Waals surface area contributed by atoms with Gasteiger partial charge in [-0.3, -0.25) is 13.7 Å². The minimum Gasteiger partial charge on any atom is -0.385 e. The van der Waals surface area contributed by atoms with Gasteiger partial charge in [0.2, 0.25) is 5.28 Å². The number of hydrogen-bond donors (Lipinski definition) is 6. The molecule has 4 atom stereocenters. The lowest BCUT2D eigenvalue weighted by Gasteiger charge is -2.25. The first-order valence-corrected chi connectivity index (χ1v) is 15.6. The van der Waals surface area contributed by atoms with E-state index in [0.29, 0.717) is 11.6 Å². The van der Waals surface area contributed by atoms with E-state index in [4.69, 9.17) is 37.5 Å². The summed E-state index contributed by atoms with van der Waals surface area (Å²) >= 11 is 11.9. The summed E-state index contributed by atoms with van der Waals surface area (Å²) in [4.78, 5) is 39.8. The Labute approximate surface area is 232 Å². The van der Waals surface area contributed by atoms with Crippen LogP contribution < -0.4 is 5.32 Å².